The van der Waals surface area contributed by atoms with Gasteiger partial charge in [-0.1, -0.05) is 58.9 Å². The van der Waals surface area contributed by atoms with Crippen LogP contribution in [0.2, 0.25) is 18.1 Å². The lowest BCUT2D eigenvalue weighted by Gasteiger charge is -2.36. The van der Waals surface area contributed by atoms with Crippen LogP contribution in [0.5, 0.6) is 0 Å². The van der Waals surface area contributed by atoms with Crippen molar-refractivity contribution >= 4 is 14.1 Å². The molecule has 0 spiro atoms. The average Bonchev–Trinajstić information content (AvgIpc) is 2.42. The minimum Gasteiger partial charge on any atom is -0.413 e. The fraction of sp³-hybridized carbons (Fsp3) is 0.632. The van der Waals surface area contributed by atoms with E-state index in [-0.39, 0.29) is 11.0 Å². The summed E-state index contributed by atoms with van der Waals surface area (Å²) in [4.78, 5) is 11.9. The Bertz CT molecular complexity index is 498. The van der Waals surface area contributed by atoms with Gasteiger partial charge in [-0.2, -0.15) is 0 Å². The van der Waals surface area contributed by atoms with Crippen LogP contribution in [0.1, 0.15) is 52.2 Å². The third kappa shape index (κ3) is 5.36. The van der Waals surface area contributed by atoms with Crippen LogP contribution in [0.4, 0.5) is 0 Å². The molecule has 1 aromatic rings. The highest BCUT2D eigenvalue weighted by molar-refractivity contribution is 6.74. The Hall–Kier alpha value is -0.933. The van der Waals surface area contributed by atoms with Gasteiger partial charge in [0.2, 0.25) is 0 Å². The molecule has 0 saturated heterocycles. The highest BCUT2D eigenvalue weighted by atomic mass is 28.4. The summed E-state index contributed by atoms with van der Waals surface area (Å²) in [5, 5.41) is 0.218. The lowest BCUT2D eigenvalue weighted by atomic mass is 9.98. The molecule has 0 aliphatic heterocycles. The number of ketones is 1. The molecule has 0 heterocycles. The molecule has 22 heavy (non-hydrogen) atoms. The van der Waals surface area contributed by atoms with Crippen molar-refractivity contribution < 1.29 is 9.22 Å². The standard InChI is InChI=1S/C19H32O2Si/c1-15(2)18(20)13-12-16-10-8-9-11-17(16)14-21-22(6,7)19(3,4)5/h8-11,15H,12-14H2,1-7H3. The van der Waals surface area contributed by atoms with Gasteiger partial charge in [-0.05, 0) is 35.7 Å². The lowest BCUT2D eigenvalue weighted by molar-refractivity contribution is -0.121. The van der Waals surface area contributed by atoms with Crippen LogP contribution in [0.3, 0.4) is 0 Å². The number of carbonyl (C=O) groups is 1. The predicted molar refractivity (Wildman–Crippen MR) is 96.6 cm³/mol. The van der Waals surface area contributed by atoms with E-state index in [2.05, 4.69) is 52.1 Å². The molecule has 0 amide bonds. The molecule has 2 nitrogen and oxygen atoms in total. The topological polar surface area (TPSA) is 26.3 Å². The van der Waals surface area contributed by atoms with Gasteiger partial charge >= 0.3 is 0 Å². The van der Waals surface area contributed by atoms with Gasteiger partial charge in [-0.25, -0.2) is 0 Å². The zero-order valence-corrected chi connectivity index (χ0v) is 16.3. The summed E-state index contributed by atoms with van der Waals surface area (Å²) in [6.45, 7) is 15.9. The minimum atomic E-state index is -1.74. The van der Waals surface area contributed by atoms with Crippen LogP contribution in [0.15, 0.2) is 24.3 Å². The third-order valence-corrected chi connectivity index (χ3v) is 9.28. The Morgan fingerprint density at radius 2 is 1.68 bits per heavy atom. The van der Waals surface area contributed by atoms with Gasteiger partial charge in [0.1, 0.15) is 5.78 Å². The van der Waals surface area contributed by atoms with Crippen molar-refractivity contribution in [2.75, 3.05) is 0 Å². The van der Waals surface area contributed by atoms with Crippen molar-refractivity contribution in [3.8, 4) is 0 Å². The first-order valence-electron chi connectivity index (χ1n) is 8.28. The zero-order chi connectivity index (χ0) is 17.0. The molecule has 0 N–H and O–H groups in total. The van der Waals surface area contributed by atoms with Crippen molar-refractivity contribution in [2.24, 2.45) is 5.92 Å². The molecule has 0 aliphatic rings. The molecule has 0 aromatic heterocycles. The molecular formula is C19H32O2Si. The fourth-order valence-electron chi connectivity index (χ4n) is 1.96. The maximum atomic E-state index is 11.9. The van der Waals surface area contributed by atoms with E-state index in [1.54, 1.807) is 0 Å². The first-order valence-corrected chi connectivity index (χ1v) is 11.2. The van der Waals surface area contributed by atoms with Gasteiger partial charge in [-0.15, -0.1) is 0 Å². The van der Waals surface area contributed by atoms with Crippen LogP contribution in [-0.4, -0.2) is 14.1 Å². The highest BCUT2D eigenvalue weighted by Crippen LogP contribution is 2.37. The van der Waals surface area contributed by atoms with Gasteiger partial charge < -0.3 is 4.43 Å². The average molecular weight is 321 g/mol. The van der Waals surface area contributed by atoms with Gasteiger partial charge in [0.05, 0.1) is 6.61 Å². The number of hydrogen-bond acceptors (Lipinski definition) is 2. The van der Waals surface area contributed by atoms with Crippen molar-refractivity contribution in [2.45, 2.75) is 72.2 Å². The third-order valence-electron chi connectivity index (χ3n) is 4.80. The molecule has 1 rings (SSSR count). The molecule has 0 saturated carbocycles. The first-order chi connectivity index (χ1) is 10.0. The number of aryl methyl sites for hydroxylation is 1. The minimum absolute atomic E-state index is 0.121. The zero-order valence-electron chi connectivity index (χ0n) is 15.3. The normalized spacial score (nSPS) is 12.7. The summed E-state index contributed by atoms with van der Waals surface area (Å²) in [6.07, 6.45) is 1.43. The van der Waals surface area contributed by atoms with E-state index in [0.29, 0.717) is 18.8 Å². The van der Waals surface area contributed by atoms with Crippen LogP contribution in [0, 0.1) is 5.92 Å². The van der Waals surface area contributed by atoms with Crippen LogP contribution in [-0.2, 0) is 22.2 Å². The number of benzene rings is 1. The summed E-state index contributed by atoms with van der Waals surface area (Å²) in [5.74, 6) is 0.454. The Morgan fingerprint density at radius 1 is 1.14 bits per heavy atom. The van der Waals surface area contributed by atoms with E-state index in [9.17, 15) is 4.79 Å². The Kier molecular flexibility index (Phi) is 6.57. The van der Waals surface area contributed by atoms with Gasteiger partial charge in [-0.3, -0.25) is 4.79 Å². The largest absolute Gasteiger partial charge is 0.413 e. The summed E-state index contributed by atoms with van der Waals surface area (Å²) in [7, 11) is -1.74. The molecule has 0 aliphatic carbocycles. The number of Topliss-reactive ketones (excluding diaryl/α,β-unsaturated/α-hetero) is 1. The highest BCUT2D eigenvalue weighted by Gasteiger charge is 2.37. The quantitative estimate of drug-likeness (QED) is 0.632. The van der Waals surface area contributed by atoms with Crippen LogP contribution < -0.4 is 0 Å². The molecule has 124 valence electrons. The molecule has 3 heteroatoms. The second-order valence-electron chi connectivity index (χ2n) is 7.94. The molecule has 0 fully saturated rings. The van der Waals surface area contributed by atoms with Gasteiger partial charge in [0.25, 0.3) is 0 Å². The van der Waals surface area contributed by atoms with E-state index < -0.39 is 8.32 Å². The van der Waals surface area contributed by atoms with E-state index in [0.717, 1.165) is 6.42 Å². The summed E-state index contributed by atoms with van der Waals surface area (Å²) in [5.41, 5.74) is 2.47. The van der Waals surface area contributed by atoms with E-state index in [4.69, 9.17) is 4.43 Å². The fourth-order valence-corrected chi connectivity index (χ4v) is 2.91. The van der Waals surface area contributed by atoms with Crippen molar-refractivity contribution in [3.05, 3.63) is 35.4 Å². The Balaban J connectivity index is 2.74. The molecule has 0 bridgehead atoms. The van der Waals surface area contributed by atoms with Crippen LogP contribution in [0.25, 0.3) is 0 Å². The molecule has 0 atom stereocenters. The second-order valence-corrected chi connectivity index (χ2v) is 12.7. The Labute approximate surface area is 137 Å². The van der Waals surface area contributed by atoms with E-state index >= 15 is 0 Å². The van der Waals surface area contributed by atoms with E-state index in [1.165, 1.54) is 11.1 Å². The summed E-state index contributed by atoms with van der Waals surface area (Å²) in [6, 6.07) is 8.35. The smallest absolute Gasteiger partial charge is 0.192 e. The molecule has 0 unspecified atom stereocenters. The Morgan fingerprint density at radius 3 is 2.18 bits per heavy atom. The summed E-state index contributed by atoms with van der Waals surface area (Å²) < 4.78 is 6.33. The lowest BCUT2D eigenvalue weighted by Crippen LogP contribution is -2.40. The van der Waals surface area contributed by atoms with Crippen molar-refractivity contribution in [1.29, 1.82) is 0 Å². The molecule has 0 radical (unpaired) electrons. The van der Waals surface area contributed by atoms with Gasteiger partial charge in [0, 0.05) is 12.3 Å². The first kappa shape index (κ1) is 19.1. The maximum absolute atomic E-state index is 11.9. The monoisotopic (exact) mass is 320 g/mol. The molecular weight excluding hydrogens is 288 g/mol. The van der Waals surface area contributed by atoms with Crippen molar-refractivity contribution in [1.82, 2.24) is 0 Å². The SMILES string of the molecule is CC(C)C(=O)CCc1ccccc1CO[Si](C)(C)C(C)(C)C. The molecule has 1 aromatic carbocycles. The maximum Gasteiger partial charge on any atom is 0.192 e. The number of hydrogen-bond donors (Lipinski definition) is 0. The second kappa shape index (κ2) is 7.56. The number of rotatable bonds is 7. The van der Waals surface area contributed by atoms with Crippen molar-refractivity contribution in [3.63, 3.8) is 0 Å². The predicted octanol–water partition coefficient (Wildman–Crippen LogP) is 5.37. The van der Waals surface area contributed by atoms with Gasteiger partial charge in [0.15, 0.2) is 8.32 Å². The van der Waals surface area contributed by atoms with E-state index in [1.807, 2.05) is 19.9 Å². The summed E-state index contributed by atoms with van der Waals surface area (Å²) >= 11 is 0. The number of carbonyl (C=O) groups excluding carboxylic acids is 1. The van der Waals surface area contributed by atoms with Crippen LogP contribution >= 0.6 is 0 Å².